The molecule has 0 N–H and O–H groups in total. The largest absolute Gasteiger partial charge is 0.309 e. The van der Waals surface area contributed by atoms with Gasteiger partial charge in [0.15, 0.2) is 0 Å². The van der Waals surface area contributed by atoms with Crippen molar-refractivity contribution in [2.45, 2.75) is 5.92 Å². The van der Waals surface area contributed by atoms with E-state index in [1.54, 1.807) is 0 Å². The molecule has 1 heterocycles. The number of hydrogen-bond donors (Lipinski definition) is 0. The summed E-state index contributed by atoms with van der Waals surface area (Å²) in [6, 6.07) is 58.4. The van der Waals surface area contributed by atoms with Crippen molar-refractivity contribution in [2.24, 2.45) is 0 Å². The second-order valence-electron chi connectivity index (χ2n) is 12.1. The average molecular weight is 558 g/mol. The van der Waals surface area contributed by atoms with Gasteiger partial charge < -0.3 is 4.57 Å². The summed E-state index contributed by atoms with van der Waals surface area (Å²) >= 11 is 0. The summed E-state index contributed by atoms with van der Waals surface area (Å²) in [5.41, 5.74) is 10.5. The van der Waals surface area contributed by atoms with Crippen molar-refractivity contribution in [3.05, 3.63) is 174 Å². The fraction of sp³-hybridized carbons (Fsp3) is 0.0233. The summed E-state index contributed by atoms with van der Waals surface area (Å²) in [7, 11) is 0. The van der Waals surface area contributed by atoms with Gasteiger partial charge in [-0.25, -0.2) is 0 Å². The van der Waals surface area contributed by atoms with Crippen molar-refractivity contribution in [1.82, 2.24) is 4.57 Å². The molecule has 0 aliphatic heterocycles. The lowest BCUT2D eigenvalue weighted by Gasteiger charge is -2.16. The Morgan fingerprint density at radius 3 is 1.84 bits per heavy atom. The Kier molecular flexibility index (Phi) is 4.84. The minimum absolute atomic E-state index is 0.239. The minimum Gasteiger partial charge on any atom is -0.309 e. The maximum Gasteiger partial charge on any atom is 0.0625 e. The third-order valence-electron chi connectivity index (χ3n) is 9.80. The van der Waals surface area contributed by atoms with Gasteiger partial charge in [-0.1, -0.05) is 133 Å². The van der Waals surface area contributed by atoms with Gasteiger partial charge in [-0.2, -0.15) is 0 Å². The quantitative estimate of drug-likeness (QED) is 0.186. The zero-order valence-electron chi connectivity index (χ0n) is 24.0. The van der Waals surface area contributed by atoms with Crippen LogP contribution >= 0.6 is 0 Å². The summed E-state index contributed by atoms with van der Waals surface area (Å²) in [6.07, 6.45) is 0. The first-order valence-corrected chi connectivity index (χ1v) is 15.4. The van der Waals surface area contributed by atoms with Gasteiger partial charge in [-0.3, -0.25) is 0 Å². The van der Waals surface area contributed by atoms with E-state index in [1.165, 1.54) is 87.6 Å². The van der Waals surface area contributed by atoms with Crippen LogP contribution in [0, 0.1) is 0 Å². The Bertz CT molecular complexity index is 2600. The van der Waals surface area contributed by atoms with Crippen molar-refractivity contribution in [2.75, 3.05) is 0 Å². The topological polar surface area (TPSA) is 4.93 Å². The smallest absolute Gasteiger partial charge is 0.0625 e. The molecular weight excluding hydrogens is 530 g/mol. The van der Waals surface area contributed by atoms with E-state index in [9.17, 15) is 0 Å². The molecule has 1 unspecified atom stereocenters. The highest BCUT2D eigenvalue weighted by Crippen LogP contribution is 2.50. The molecule has 0 fully saturated rings. The van der Waals surface area contributed by atoms with Gasteiger partial charge in [-0.15, -0.1) is 0 Å². The molecule has 0 saturated heterocycles. The molecule has 1 aliphatic carbocycles. The lowest BCUT2D eigenvalue weighted by atomic mass is 9.89. The van der Waals surface area contributed by atoms with E-state index in [0.717, 1.165) is 0 Å². The first-order valence-electron chi connectivity index (χ1n) is 15.4. The molecular formula is C43H27N. The van der Waals surface area contributed by atoms with E-state index >= 15 is 0 Å². The molecule has 0 bridgehead atoms. The van der Waals surface area contributed by atoms with Crippen molar-refractivity contribution >= 4 is 54.1 Å². The standard InChI is InChI=1S/C43H27N/c1-2-12-27(13-3-1)41-34-19-9-7-18-33(34)38-26-30(22-23-36(38)41)44-40-25-29-15-5-4-14-28(29)24-39(40)42-35-20-10-6-16-31(35)32-17-8-11-21-37(32)43(42)44/h1-26,41H. The molecule has 1 aliphatic rings. The average Bonchev–Trinajstić information content (AvgIpc) is 3.60. The molecule has 0 radical (unpaired) electrons. The summed E-state index contributed by atoms with van der Waals surface area (Å²) < 4.78 is 2.53. The second kappa shape index (κ2) is 8.92. The van der Waals surface area contributed by atoms with Crippen LogP contribution in [0.2, 0.25) is 0 Å². The highest BCUT2D eigenvalue weighted by molar-refractivity contribution is 6.33. The van der Waals surface area contributed by atoms with Crippen LogP contribution < -0.4 is 0 Å². The van der Waals surface area contributed by atoms with Crippen molar-refractivity contribution in [1.29, 1.82) is 0 Å². The first-order chi connectivity index (χ1) is 21.8. The van der Waals surface area contributed by atoms with Gasteiger partial charge in [0.1, 0.15) is 0 Å². The maximum atomic E-state index is 2.53. The number of nitrogens with zero attached hydrogens (tertiary/aromatic N) is 1. The molecule has 9 aromatic rings. The molecule has 1 atom stereocenters. The molecule has 1 heteroatoms. The number of benzene rings is 8. The van der Waals surface area contributed by atoms with E-state index < -0.39 is 0 Å². The van der Waals surface area contributed by atoms with Crippen molar-refractivity contribution < 1.29 is 0 Å². The maximum absolute atomic E-state index is 2.53. The van der Waals surface area contributed by atoms with Crippen LogP contribution in [0.3, 0.4) is 0 Å². The SMILES string of the molecule is c1ccc(C2c3ccccc3-c3cc(-n4c5cc6ccccc6cc5c5c6ccccc6c6ccccc6c54)ccc32)cc1. The third-order valence-corrected chi connectivity index (χ3v) is 9.80. The predicted molar refractivity (Wildman–Crippen MR) is 186 cm³/mol. The predicted octanol–water partition coefficient (Wildman–Crippen LogP) is 11.4. The lowest BCUT2D eigenvalue weighted by molar-refractivity contribution is 1.01. The van der Waals surface area contributed by atoms with Crippen LogP contribution in [0.15, 0.2) is 158 Å². The van der Waals surface area contributed by atoms with Gasteiger partial charge in [0.25, 0.3) is 0 Å². The van der Waals surface area contributed by atoms with Crippen LogP contribution in [0.4, 0.5) is 0 Å². The summed E-state index contributed by atoms with van der Waals surface area (Å²) in [5, 5.41) is 10.3. The van der Waals surface area contributed by atoms with Crippen LogP contribution in [0.5, 0.6) is 0 Å². The minimum atomic E-state index is 0.239. The molecule has 8 aromatic carbocycles. The molecule has 0 spiro atoms. The van der Waals surface area contributed by atoms with Gasteiger partial charge in [-0.05, 0) is 79.0 Å². The normalized spacial score (nSPS) is 14.1. The zero-order chi connectivity index (χ0) is 28.8. The Morgan fingerprint density at radius 1 is 0.409 bits per heavy atom. The van der Waals surface area contributed by atoms with Gasteiger partial charge in [0.2, 0.25) is 0 Å². The number of fused-ring (bicyclic) bond motifs is 12. The summed E-state index contributed by atoms with van der Waals surface area (Å²) in [6.45, 7) is 0. The van der Waals surface area contributed by atoms with Crippen LogP contribution in [0.25, 0.3) is 70.9 Å². The number of hydrogen-bond acceptors (Lipinski definition) is 0. The zero-order valence-corrected chi connectivity index (χ0v) is 24.0. The van der Waals surface area contributed by atoms with Gasteiger partial charge in [0, 0.05) is 27.8 Å². The monoisotopic (exact) mass is 557 g/mol. The molecule has 1 nitrogen and oxygen atoms in total. The molecule has 0 amide bonds. The fourth-order valence-electron chi connectivity index (χ4n) is 7.96. The van der Waals surface area contributed by atoms with Gasteiger partial charge >= 0.3 is 0 Å². The summed E-state index contributed by atoms with van der Waals surface area (Å²) in [4.78, 5) is 0. The number of rotatable bonds is 2. The van der Waals surface area contributed by atoms with Crippen LogP contribution in [0.1, 0.15) is 22.6 Å². The van der Waals surface area contributed by atoms with Crippen molar-refractivity contribution in [3.63, 3.8) is 0 Å². The molecule has 0 saturated carbocycles. The van der Waals surface area contributed by atoms with Gasteiger partial charge in [0.05, 0.1) is 11.0 Å². The highest BCUT2D eigenvalue weighted by atomic mass is 15.0. The second-order valence-corrected chi connectivity index (χ2v) is 12.1. The first kappa shape index (κ1) is 23.9. The Balaban J connectivity index is 1.36. The molecule has 44 heavy (non-hydrogen) atoms. The van der Waals surface area contributed by atoms with Crippen LogP contribution in [-0.4, -0.2) is 4.57 Å². The molecule has 10 rings (SSSR count). The van der Waals surface area contributed by atoms with E-state index in [-0.39, 0.29) is 5.92 Å². The van der Waals surface area contributed by atoms with E-state index in [4.69, 9.17) is 0 Å². The Labute approximate surface area is 255 Å². The third kappa shape index (κ3) is 3.19. The molecule has 1 aromatic heterocycles. The van der Waals surface area contributed by atoms with E-state index in [2.05, 4.69) is 162 Å². The fourth-order valence-corrected chi connectivity index (χ4v) is 7.96. The van der Waals surface area contributed by atoms with E-state index in [0.29, 0.717) is 0 Å². The molecule has 204 valence electrons. The van der Waals surface area contributed by atoms with Crippen molar-refractivity contribution in [3.8, 4) is 16.8 Å². The van der Waals surface area contributed by atoms with E-state index in [1.807, 2.05) is 0 Å². The Hall–Kier alpha value is -5.66. The van der Waals surface area contributed by atoms with Crippen LogP contribution in [-0.2, 0) is 0 Å². The highest BCUT2D eigenvalue weighted by Gasteiger charge is 2.30. The Morgan fingerprint density at radius 2 is 1.02 bits per heavy atom. The number of aromatic nitrogens is 1. The summed E-state index contributed by atoms with van der Waals surface area (Å²) in [5.74, 6) is 0.239. The lowest BCUT2D eigenvalue weighted by Crippen LogP contribution is -2.00.